The van der Waals surface area contributed by atoms with Crippen LogP contribution in [0, 0.1) is 0 Å². The van der Waals surface area contributed by atoms with Gasteiger partial charge < -0.3 is 4.74 Å². The number of ether oxygens (including phenoxy) is 1. The highest BCUT2D eigenvalue weighted by molar-refractivity contribution is 8.04. The second-order valence-corrected chi connectivity index (χ2v) is 3.40. The Morgan fingerprint density at radius 2 is 2.18 bits per heavy atom. The van der Waals surface area contributed by atoms with Gasteiger partial charge in [-0.25, -0.2) is 0 Å². The van der Waals surface area contributed by atoms with E-state index < -0.39 is 0 Å². The number of hydrogen-bond acceptors (Lipinski definition) is 2. The molecule has 0 spiro atoms. The Morgan fingerprint density at radius 1 is 1.27 bits per heavy atom. The maximum Gasteiger partial charge on any atom is 0.123 e. The maximum absolute atomic E-state index is 5.49. The van der Waals surface area contributed by atoms with Gasteiger partial charge in [0.15, 0.2) is 0 Å². The highest BCUT2D eigenvalue weighted by Crippen LogP contribution is 2.25. The van der Waals surface area contributed by atoms with E-state index in [1.165, 1.54) is 5.57 Å². The summed E-state index contributed by atoms with van der Waals surface area (Å²) in [7, 11) is 0. The summed E-state index contributed by atoms with van der Waals surface area (Å²) in [4.78, 5) is 0. The Hall–Kier alpha value is -0.630. The van der Waals surface area contributed by atoms with Crippen LogP contribution in [-0.4, -0.2) is 6.61 Å². The molecule has 0 saturated heterocycles. The summed E-state index contributed by atoms with van der Waals surface area (Å²) in [5, 5.41) is 4.16. The zero-order valence-electron chi connectivity index (χ0n) is 6.25. The first-order chi connectivity index (χ1) is 5.47. The van der Waals surface area contributed by atoms with E-state index >= 15 is 0 Å². The third-order valence-corrected chi connectivity index (χ3v) is 2.40. The van der Waals surface area contributed by atoms with Crippen molar-refractivity contribution in [1.82, 2.24) is 0 Å². The Kier molecular flexibility index (Phi) is 2.04. The van der Waals surface area contributed by atoms with Crippen molar-refractivity contribution in [3.05, 3.63) is 34.3 Å². The third-order valence-electron chi connectivity index (χ3n) is 1.81. The SMILES string of the molecule is C1=CC2=C(C=CS1)OCCC2. The molecule has 0 amide bonds. The first-order valence-corrected chi connectivity index (χ1v) is 4.75. The molecule has 0 aromatic heterocycles. The van der Waals surface area contributed by atoms with Crippen LogP contribution in [0.1, 0.15) is 12.8 Å². The Balaban J connectivity index is 2.31. The van der Waals surface area contributed by atoms with E-state index in [0.29, 0.717) is 0 Å². The standard InChI is InChI=1S/C9H10OS/c1-2-8-3-6-11-7-4-9(8)10-5-1/h3-4,6-7H,1-2,5H2. The molecule has 0 saturated carbocycles. The van der Waals surface area contributed by atoms with Crippen molar-refractivity contribution >= 4 is 11.8 Å². The van der Waals surface area contributed by atoms with Crippen molar-refractivity contribution in [2.75, 3.05) is 6.61 Å². The van der Waals surface area contributed by atoms with Crippen LogP contribution in [-0.2, 0) is 4.74 Å². The van der Waals surface area contributed by atoms with Crippen LogP contribution in [0.2, 0.25) is 0 Å². The molecule has 2 heteroatoms. The summed E-state index contributed by atoms with van der Waals surface area (Å²) in [6.07, 6.45) is 6.52. The molecule has 2 aliphatic rings. The number of rotatable bonds is 0. The predicted molar refractivity (Wildman–Crippen MR) is 48.1 cm³/mol. The fraction of sp³-hybridized carbons (Fsp3) is 0.333. The fourth-order valence-corrected chi connectivity index (χ4v) is 1.78. The highest BCUT2D eigenvalue weighted by Gasteiger charge is 2.09. The van der Waals surface area contributed by atoms with Gasteiger partial charge in [0.25, 0.3) is 0 Å². The summed E-state index contributed by atoms with van der Waals surface area (Å²) in [5.74, 6) is 1.07. The smallest absolute Gasteiger partial charge is 0.123 e. The lowest BCUT2D eigenvalue weighted by Gasteiger charge is -2.15. The van der Waals surface area contributed by atoms with Crippen LogP contribution in [0.5, 0.6) is 0 Å². The van der Waals surface area contributed by atoms with E-state index in [2.05, 4.69) is 23.0 Å². The summed E-state index contributed by atoms with van der Waals surface area (Å²) >= 11 is 1.70. The quantitative estimate of drug-likeness (QED) is 0.547. The van der Waals surface area contributed by atoms with Gasteiger partial charge >= 0.3 is 0 Å². The summed E-state index contributed by atoms with van der Waals surface area (Å²) < 4.78 is 5.49. The monoisotopic (exact) mass is 166 g/mol. The van der Waals surface area contributed by atoms with Crippen molar-refractivity contribution < 1.29 is 4.74 Å². The molecule has 2 heterocycles. The van der Waals surface area contributed by atoms with Crippen molar-refractivity contribution in [2.45, 2.75) is 12.8 Å². The molecule has 0 aromatic rings. The zero-order valence-corrected chi connectivity index (χ0v) is 7.06. The minimum absolute atomic E-state index is 0.877. The number of thioether (sulfide) groups is 1. The van der Waals surface area contributed by atoms with E-state index in [4.69, 9.17) is 4.74 Å². The van der Waals surface area contributed by atoms with Crippen molar-refractivity contribution in [1.29, 1.82) is 0 Å². The first-order valence-electron chi connectivity index (χ1n) is 3.81. The van der Waals surface area contributed by atoms with Gasteiger partial charge in [0.1, 0.15) is 5.76 Å². The van der Waals surface area contributed by atoms with Gasteiger partial charge in [-0.05, 0) is 41.4 Å². The molecule has 0 bridgehead atoms. The average molecular weight is 166 g/mol. The summed E-state index contributed by atoms with van der Waals surface area (Å²) in [6, 6.07) is 0. The van der Waals surface area contributed by atoms with E-state index in [0.717, 1.165) is 25.2 Å². The van der Waals surface area contributed by atoms with Crippen LogP contribution >= 0.6 is 11.8 Å². The van der Waals surface area contributed by atoms with Crippen LogP contribution in [0.25, 0.3) is 0 Å². The predicted octanol–water partition coefficient (Wildman–Crippen LogP) is 2.83. The molecule has 2 rings (SSSR count). The van der Waals surface area contributed by atoms with Gasteiger partial charge in [0.2, 0.25) is 0 Å². The fourth-order valence-electron chi connectivity index (χ4n) is 1.25. The second-order valence-electron chi connectivity index (χ2n) is 2.58. The molecule has 2 aliphatic heterocycles. The largest absolute Gasteiger partial charge is 0.493 e. The Bertz CT molecular complexity index is 214. The van der Waals surface area contributed by atoms with E-state index in [9.17, 15) is 0 Å². The van der Waals surface area contributed by atoms with E-state index in [1.807, 2.05) is 0 Å². The van der Waals surface area contributed by atoms with Gasteiger partial charge in [-0.3, -0.25) is 0 Å². The number of allylic oxidation sites excluding steroid dienone is 3. The Labute approximate surface area is 70.8 Å². The molecule has 0 N–H and O–H groups in total. The molecule has 0 fully saturated rings. The summed E-state index contributed by atoms with van der Waals surface area (Å²) in [6.45, 7) is 0.877. The molecule has 0 unspecified atom stereocenters. The summed E-state index contributed by atoms with van der Waals surface area (Å²) in [5.41, 5.74) is 1.34. The second kappa shape index (κ2) is 3.18. The van der Waals surface area contributed by atoms with Crippen LogP contribution < -0.4 is 0 Å². The molecule has 0 atom stereocenters. The lowest BCUT2D eigenvalue weighted by atomic mass is 10.1. The molecular weight excluding hydrogens is 156 g/mol. The molecule has 0 radical (unpaired) electrons. The van der Waals surface area contributed by atoms with Crippen molar-refractivity contribution in [3.63, 3.8) is 0 Å². The Morgan fingerprint density at radius 3 is 3.18 bits per heavy atom. The molecule has 58 valence electrons. The highest BCUT2D eigenvalue weighted by atomic mass is 32.2. The minimum Gasteiger partial charge on any atom is -0.493 e. The van der Waals surface area contributed by atoms with E-state index in [1.54, 1.807) is 11.8 Å². The van der Waals surface area contributed by atoms with Crippen molar-refractivity contribution in [2.24, 2.45) is 0 Å². The zero-order chi connectivity index (χ0) is 7.52. The number of hydrogen-bond donors (Lipinski definition) is 0. The van der Waals surface area contributed by atoms with Crippen LogP contribution in [0.15, 0.2) is 34.3 Å². The average Bonchev–Trinajstić information content (AvgIpc) is 2.28. The van der Waals surface area contributed by atoms with Gasteiger partial charge in [-0.2, -0.15) is 0 Å². The molecular formula is C9H10OS. The first kappa shape index (κ1) is 7.04. The topological polar surface area (TPSA) is 9.23 Å². The van der Waals surface area contributed by atoms with Gasteiger partial charge in [0, 0.05) is 0 Å². The molecule has 1 nitrogen and oxygen atoms in total. The van der Waals surface area contributed by atoms with Crippen LogP contribution in [0.4, 0.5) is 0 Å². The minimum atomic E-state index is 0.877. The molecule has 11 heavy (non-hydrogen) atoms. The van der Waals surface area contributed by atoms with Gasteiger partial charge in [-0.15, -0.1) is 11.8 Å². The third kappa shape index (κ3) is 1.51. The van der Waals surface area contributed by atoms with Gasteiger partial charge in [-0.1, -0.05) is 0 Å². The van der Waals surface area contributed by atoms with Crippen molar-refractivity contribution in [3.8, 4) is 0 Å². The molecule has 0 aromatic carbocycles. The normalized spacial score (nSPS) is 22.5. The molecule has 0 aliphatic carbocycles. The lowest BCUT2D eigenvalue weighted by Crippen LogP contribution is -2.03. The maximum atomic E-state index is 5.49. The van der Waals surface area contributed by atoms with E-state index in [-0.39, 0.29) is 0 Å². The lowest BCUT2D eigenvalue weighted by molar-refractivity contribution is 0.202. The van der Waals surface area contributed by atoms with Gasteiger partial charge in [0.05, 0.1) is 6.61 Å². The van der Waals surface area contributed by atoms with Crippen LogP contribution in [0.3, 0.4) is 0 Å².